The van der Waals surface area contributed by atoms with Crippen molar-refractivity contribution in [3.63, 3.8) is 0 Å². The number of nitrogens with one attached hydrogen (secondary N) is 1. The zero-order valence-electron chi connectivity index (χ0n) is 17.0. The van der Waals surface area contributed by atoms with Crippen LogP contribution in [0.1, 0.15) is 5.69 Å². The monoisotopic (exact) mass is 527 g/mol. The van der Waals surface area contributed by atoms with Crippen LogP contribution >= 0.6 is 46.6 Å². The molecule has 0 bridgehead atoms. The van der Waals surface area contributed by atoms with Crippen LogP contribution in [-0.4, -0.2) is 79.4 Å². The second-order valence-electron chi connectivity index (χ2n) is 6.82. The van der Waals surface area contributed by atoms with Crippen molar-refractivity contribution in [1.82, 2.24) is 15.2 Å². The molecule has 11 nitrogen and oxygen atoms in total. The van der Waals surface area contributed by atoms with Crippen LogP contribution in [0.15, 0.2) is 32.8 Å². The van der Waals surface area contributed by atoms with E-state index in [9.17, 15) is 24.3 Å². The Balaban J connectivity index is 1.48. The van der Waals surface area contributed by atoms with Gasteiger partial charge in [-0.15, -0.1) is 34.9 Å². The van der Waals surface area contributed by atoms with Gasteiger partial charge in [0, 0.05) is 28.7 Å². The molecule has 0 aliphatic carbocycles. The van der Waals surface area contributed by atoms with Crippen LogP contribution in [-0.2, 0) is 24.0 Å². The second-order valence-corrected chi connectivity index (χ2v) is 10.9. The lowest BCUT2D eigenvalue weighted by atomic mass is 10.0. The summed E-state index contributed by atoms with van der Waals surface area (Å²) in [4.78, 5) is 59.8. The highest BCUT2D eigenvalue weighted by molar-refractivity contribution is 8.16. The Bertz CT molecular complexity index is 1130. The summed E-state index contributed by atoms with van der Waals surface area (Å²) in [5, 5.41) is 17.3. The quantitative estimate of drug-likeness (QED) is 0.248. The molecule has 2 amide bonds. The first-order valence-corrected chi connectivity index (χ1v) is 13.2. The van der Waals surface area contributed by atoms with E-state index in [-0.39, 0.29) is 27.3 Å². The van der Waals surface area contributed by atoms with Crippen molar-refractivity contribution < 1.29 is 29.1 Å². The number of nitrogens with two attached hydrogens (primary N) is 1. The Kier molecular flexibility index (Phi) is 7.02. The molecule has 2 atom stereocenters. The molecule has 174 valence electrons. The van der Waals surface area contributed by atoms with Crippen molar-refractivity contribution in [3.8, 4) is 0 Å². The van der Waals surface area contributed by atoms with Gasteiger partial charge in [-0.25, -0.2) is 9.78 Å². The first kappa shape index (κ1) is 23.7. The summed E-state index contributed by atoms with van der Waals surface area (Å²) in [5.74, 6) is -1.11. The normalized spacial score (nSPS) is 22.6. The molecule has 0 aromatic carbocycles. The summed E-state index contributed by atoms with van der Waals surface area (Å²) in [6.07, 6.45) is 1.55. The number of thioether (sulfide) groups is 3. The van der Waals surface area contributed by atoms with Crippen LogP contribution in [0.25, 0.3) is 0 Å². The van der Waals surface area contributed by atoms with Crippen LogP contribution in [0, 0.1) is 0 Å². The Hall–Kier alpha value is -2.49. The molecule has 1 fully saturated rings. The molecule has 4 rings (SSSR count). The fourth-order valence-corrected chi connectivity index (χ4v) is 7.31. The number of aromatic nitrogens is 1. The van der Waals surface area contributed by atoms with Gasteiger partial charge in [0.25, 0.3) is 11.8 Å². The van der Waals surface area contributed by atoms with E-state index in [1.54, 1.807) is 6.08 Å². The van der Waals surface area contributed by atoms with Gasteiger partial charge < -0.3 is 21.0 Å². The van der Waals surface area contributed by atoms with Crippen LogP contribution in [0.2, 0.25) is 0 Å². The maximum atomic E-state index is 12.8. The number of rotatable bonds is 8. The number of carboxylic acid groups (broad SMARTS) is 1. The van der Waals surface area contributed by atoms with Crippen LogP contribution in [0.5, 0.6) is 0 Å². The average Bonchev–Trinajstić information content (AvgIpc) is 3.40. The van der Waals surface area contributed by atoms with E-state index in [1.807, 2.05) is 0 Å². The molecule has 33 heavy (non-hydrogen) atoms. The minimum Gasteiger partial charge on any atom is -0.477 e. The fourth-order valence-electron chi connectivity index (χ4n) is 3.32. The molecule has 3 aliphatic heterocycles. The van der Waals surface area contributed by atoms with Crippen LogP contribution in [0.4, 0.5) is 5.13 Å². The molecule has 0 saturated carbocycles. The SMILES string of the molecule is CO/N=C(\C(=O)N[C@@H]1C(=O)N2C(C(=O)O)=C(CSC3=CC(=O)SC3)CS[C@H]12)c1csc(N)n1. The minimum absolute atomic E-state index is 0.0174. The number of amides is 2. The first-order chi connectivity index (χ1) is 15.8. The van der Waals surface area contributed by atoms with Gasteiger partial charge >= 0.3 is 5.97 Å². The van der Waals surface area contributed by atoms with Crippen molar-refractivity contribution in [2.75, 3.05) is 30.1 Å². The van der Waals surface area contributed by atoms with E-state index in [0.29, 0.717) is 22.8 Å². The van der Waals surface area contributed by atoms with Crippen molar-refractivity contribution >= 4 is 80.4 Å². The number of hydrogen-bond acceptors (Lipinski definition) is 12. The standard InChI is InChI=1S/C18H17N5O6S4/c1-29-22-11(9-6-33-18(19)20-9)14(25)21-12-15(26)23-13(17(27)28)7(4-32-16(12)23)3-30-8-2-10(24)31-5-8/h2,6,12,16H,3-5H2,1H3,(H2,19,20)(H,21,25)(H,27,28)/b22-11-/t12-,16-/m1/s1. The number of carbonyl (C=O) groups excluding carboxylic acids is 3. The van der Waals surface area contributed by atoms with E-state index in [1.165, 1.54) is 52.7 Å². The van der Waals surface area contributed by atoms with Crippen molar-refractivity contribution in [2.24, 2.45) is 5.16 Å². The van der Waals surface area contributed by atoms with E-state index in [0.717, 1.165) is 16.2 Å². The first-order valence-electron chi connectivity index (χ1n) is 9.33. The third-order valence-corrected chi connectivity index (χ3v) is 8.95. The van der Waals surface area contributed by atoms with E-state index in [2.05, 4.69) is 15.5 Å². The number of anilines is 1. The number of thiazole rings is 1. The predicted octanol–water partition coefficient (Wildman–Crippen LogP) is 0.705. The highest BCUT2D eigenvalue weighted by Gasteiger charge is 2.54. The van der Waals surface area contributed by atoms with Crippen molar-refractivity contribution in [3.05, 3.63) is 33.3 Å². The van der Waals surface area contributed by atoms with Crippen LogP contribution in [0.3, 0.4) is 0 Å². The highest BCUT2D eigenvalue weighted by Crippen LogP contribution is 2.42. The van der Waals surface area contributed by atoms with E-state index in [4.69, 9.17) is 10.6 Å². The number of carbonyl (C=O) groups is 4. The number of aliphatic carboxylic acids is 1. The Morgan fingerprint density at radius 3 is 2.82 bits per heavy atom. The summed E-state index contributed by atoms with van der Waals surface area (Å²) >= 11 is 5.08. The molecule has 1 aromatic rings. The maximum absolute atomic E-state index is 12.8. The minimum atomic E-state index is -1.21. The second kappa shape index (κ2) is 9.79. The summed E-state index contributed by atoms with van der Waals surface area (Å²) in [6, 6.07) is -0.921. The Morgan fingerprint density at radius 1 is 1.42 bits per heavy atom. The Labute approximate surface area is 204 Å². The fraction of sp³-hybridized carbons (Fsp3) is 0.333. The number of hydrogen-bond donors (Lipinski definition) is 3. The molecule has 15 heteroatoms. The number of oxime groups is 1. The lowest BCUT2D eigenvalue weighted by molar-refractivity contribution is -0.150. The number of carboxylic acids is 1. The molecule has 0 radical (unpaired) electrons. The summed E-state index contributed by atoms with van der Waals surface area (Å²) in [7, 11) is 1.27. The molecule has 3 aliphatic rings. The highest BCUT2D eigenvalue weighted by atomic mass is 32.2. The number of nitrogens with zero attached hydrogens (tertiary/aromatic N) is 3. The smallest absolute Gasteiger partial charge is 0.352 e. The maximum Gasteiger partial charge on any atom is 0.352 e. The molecule has 4 N–H and O–H groups in total. The molecular weight excluding hydrogens is 510 g/mol. The molecule has 4 heterocycles. The lowest BCUT2D eigenvalue weighted by Gasteiger charge is -2.49. The molecule has 0 unspecified atom stereocenters. The van der Waals surface area contributed by atoms with Gasteiger partial charge in [0.15, 0.2) is 10.8 Å². The zero-order valence-corrected chi connectivity index (χ0v) is 20.2. The summed E-state index contributed by atoms with van der Waals surface area (Å²) < 4.78 is 0. The largest absolute Gasteiger partial charge is 0.477 e. The van der Waals surface area contributed by atoms with E-state index >= 15 is 0 Å². The van der Waals surface area contributed by atoms with Crippen molar-refractivity contribution in [2.45, 2.75) is 11.4 Å². The summed E-state index contributed by atoms with van der Waals surface area (Å²) in [6.45, 7) is 0. The van der Waals surface area contributed by atoms with Gasteiger partial charge in [-0.1, -0.05) is 16.9 Å². The van der Waals surface area contributed by atoms with E-state index < -0.39 is 29.2 Å². The zero-order chi connectivity index (χ0) is 23.7. The third kappa shape index (κ3) is 4.76. The Morgan fingerprint density at radius 2 is 2.21 bits per heavy atom. The predicted molar refractivity (Wildman–Crippen MR) is 128 cm³/mol. The van der Waals surface area contributed by atoms with Gasteiger partial charge in [-0.2, -0.15) is 0 Å². The molecule has 1 saturated heterocycles. The third-order valence-electron chi connectivity index (χ3n) is 4.77. The average molecular weight is 528 g/mol. The van der Waals surface area contributed by atoms with Crippen molar-refractivity contribution in [1.29, 1.82) is 0 Å². The molecular formula is C18H17N5O6S4. The molecule has 1 aromatic heterocycles. The van der Waals surface area contributed by atoms with Gasteiger partial charge in [0.05, 0.1) is 0 Å². The lowest BCUT2D eigenvalue weighted by Crippen LogP contribution is -2.71. The van der Waals surface area contributed by atoms with Gasteiger partial charge in [0.2, 0.25) is 5.12 Å². The van der Waals surface area contributed by atoms with Gasteiger partial charge in [0.1, 0.15) is 29.9 Å². The van der Waals surface area contributed by atoms with Gasteiger partial charge in [-0.3, -0.25) is 19.3 Å². The number of β-lactam (4-membered cyclic amide) rings is 1. The summed E-state index contributed by atoms with van der Waals surface area (Å²) in [5.41, 5.74) is 6.21. The molecule has 0 spiro atoms. The van der Waals surface area contributed by atoms with Gasteiger partial charge in [-0.05, 0) is 10.5 Å². The number of fused-ring (bicyclic) bond motifs is 1. The number of nitrogen functional groups attached to an aromatic ring is 1. The topological polar surface area (TPSA) is 164 Å². The van der Waals surface area contributed by atoms with Crippen LogP contribution < -0.4 is 11.1 Å².